The fourth-order valence-corrected chi connectivity index (χ4v) is 4.32. The van der Waals surface area contributed by atoms with Crippen LogP contribution in [0, 0.1) is 18.8 Å². The molecule has 1 aliphatic rings. The van der Waals surface area contributed by atoms with E-state index < -0.39 is 23.8 Å². The summed E-state index contributed by atoms with van der Waals surface area (Å²) in [5, 5.41) is 5.90. The minimum absolute atomic E-state index is 0.0582. The third-order valence-corrected chi connectivity index (χ3v) is 6.83. The van der Waals surface area contributed by atoms with Crippen molar-refractivity contribution in [2.45, 2.75) is 111 Å². The third kappa shape index (κ3) is 8.52. The number of nitrogens with zero attached hydrogens (tertiary/aromatic N) is 1. The zero-order valence-electron chi connectivity index (χ0n) is 23.5. The van der Waals surface area contributed by atoms with Crippen LogP contribution in [0.5, 0.6) is 0 Å². The number of nitrogens with one attached hydrogen (secondary N) is 2. The molecule has 0 radical (unpaired) electrons. The molecule has 1 aromatic rings. The first kappa shape index (κ1) is 29.7. The first-order valence-electron chi connectivity index (χ1n) is 13.6. The van der Waals surface area contributed by atoms with Gasteiger partial charge in [0, 0.05) is 12.6 Å². The molecule has 7 heteroatoms. The fourth-order valence-electron chi connectivity index (χ4n) is 4.32. The predicted octanol–water partition coefficient (Wildman–Crippen LogP) is 5.52. The first-order chi connectivity index (χ1) is 16.9. The number of ether oxygens (including phenoxy) is 1. The van der Waals surface area contributed by atoms with Crippen LogP contribution >= 0.6 is 0 Å². The lowest BCUT2D eigenvalue weighted by atomic mass is 9.95. The predicted molar refractivity (Wildman–Crippen MR) is 143 cm³/mol. The van der Waals surface area contributed by atoms with E-state index in [4.69, 9.17) is 4.74 Å². The molecule has 1 aromatic carbocycles. The Labute approximate surface area is 217 Å². The molecule has 1 aliphatic carbocycles. The molecule has 3 amide bonds. The molecule has 0 saturated heterocycles. The van der Waals surface area contributed by atoms with Gasteiger partial charge in [0.05, 0.1) is 0 Å². The van der Waals surface area contributed by atoms with E-state index >= 15 is 0 Å². The average molecular weight is 502 g/mol. The van der Waals surface area contributed by atoms with Crippen LogP contribution in [0.2, 0.25) is 0 Å². The van der Waals surface area contributed by atoms with E-state index in [2.05, 4.69) is 24.5 Å². The number of hydrogen-bond acceptors (Lipinski definition) is 4. The molecule has 0 bridgehead atoms. The highest BCUT2D eigenvalue weighted by molar-refractivity contribution is 5.92. The first-order valence-corrected chi connectivity index (χ1v) is 13.6. The molecule has 1 fully saturated rings. The maximum atomic E-state index is 14.2. The Morgan fingerprint density at radius 3 is 2.22 bits per heavy atom. The Kier molecular flexibility index (Phi) is 10.8. The zero-order valence-corrected chi connectivity index (χ0v) is 23.5. The van der Waals surface area contributed by atoms with Crippen molar-refractivity contribution in [2.75, 3.05) is 6.54 Å². The Bertz CT molecular complexity index is 878. The molecular weight excluding hydrogens is 454 g/mol. The summed E-state index contributed by atoms with van der Waals surface area (Å²) in [4.78, 5) is 42.3. The van der Waals surface area contributed by atoms with E-state index in [9.17, 15) is 14.4 Å². The Hall–Kier alpha value is -2.57. The van der Waals surface area contributed by atoms with E-state index in [1.165, 1.54) is 0 Å². The normalized spacial score (nSPS) is 19.6. The molecule has 5 unspecified atom stereocenters. The van der Waals surface area contributed by atoms with Crippen molar-refractivity contribution in [3.05, 3.63) is 35.4 Å². The van der Waals surface area contributed by atoms with Crippen molar-refractivity contribution in [1.82, 2.24) is 15.5 Å². The molecule has 0 aliphatic heterocycles. The number of carbonyl (C=O) groups is 3. The molecule has 2 N–H and O–H groups in total. The summed E-state index contributed by atoms with van der Waals surface area (Å²) in [5.41, 5.74) is 1.18. The van der Waals surface area contributed by atoms with Gasteiger partial charge in [-0.3, -0.25) is 9.59 Å². The number of amides is 3. The summed E-state index contributed by atoms with van der Waals surface area (Å²) in [7, 11) is 0. The van der Waals surface area contributed by atoms with E-state index in [-0.39, 0.29) is 29.7 Å². The molecular formula is C29H47N3O4. The Morgan fingerprint density at radius 2 is 1.72 bits per heavy atom. The number of benzene rings is 1. The van der Waals surface area contributed by atoms with Gasteiger partial charge in [-0.25, -0.2) is 4.79 Å². The van der Waals surface area contributed by atoms with Gasteiger partial charge in [0.25, 0.3) is 0 Å². The van der Waals surface area contributed by atoms with Crippen LogP contribution in [0.4, 0.5) is 4.79 Å². The van der Waals surface area contributed by atoms with Crippen LogP contribution in [0.3, 0.4) is 0 Å². The van der Waals surface area contributed by atoms with Gasteiger partial charge in [0.2, 0.25) is 11.8 Å². The largest absolute Gasteiger partial charge is 0.444 e. The van der Waals surface area contributed by atoms with Crippen LogP contribution < -0.4 is 10.6 Å². The minimum Gasteiger partial charge on any atom is -0.444 e. The van der Waals surface area contributed by atoms with Gasteiger partial charge >= 0.3 is 6.09 Å². The lowest BCUT2D eigenvalue weighted by molar-refractivity contribution is -0.144. The SMILES string of the molecule is CCCCCNC(=O)C(c1ccc(C)cc1)N(C(=O)C(NC(=O)OC(C)(C)C)C(C)CC)C1CC1C. The van der Waals surface area contributed by atoms with E-state index in [1.54, 1.807) is 25.7 Å². The van der Waals surface area contributed by atoms with Crippen molar-refractivity contribution in [3.63, 3.8) is 0 Å². The van der Waals surface area contributed by atoms with Crippen LogP contribution in [0.1, 0.15) is 97.7 Å². The highest BCUT2D eigenvalue weighted by Gasteiger charge is 2.48. The van der Waals surface area contributed by atoms with Gasteiger partial charge in [-0.1, -0.05) is 76.8 Å². The van der Waals surface area contributed by atoms with Crippen LogP contribution in [-0.2, 0) is 14.3 Å². The smallest absolute Gasteiger partial charge is 0.408 e. The quantitative estimate of drug-likeness (QED) is 0.369. The molecule has 5 atom stereocenters. The lowest BCUT2D eigenvalue weighted by Crippen LogP contribution is -2.56. The lowest BCUT2D eigenvalue weighted by Gasteiger charge is -2.36. The number of aryl methyl sites for hydroxylation is 1. The van der Waals surface area contributed by atoms with Crippen LogP contribution in [0.15, 0.2) is 24.3 Å². The summed E-state index contributed by atoms with van der Waals surface area (Å²) in [6, 6.07) is 6.18. The summed E-state index contributed by atoms with van der Waals surface area (Å²) < 4.78 is 5.47. The van der Waals surface area contributed by atoms with Crippen molar-refractivity contribution in [1.29, 1.82) is 0 Å². The van der Waals surface area contributed by atoms with Gasteiger partial charge in [0.1, 0.15) is 17.7 Å². The second-order valence-corrected chi connectivity index (χ2v) is 11.3. The second kappa shape index (κ2) is 13.1. The molecule has 2 rings (SSSR count). The maximum Gasteiger partial charge on any atom is 0.408 e. The Morgan fingerprint density at radius 1 is 1.11 bits per heavy atom. The van der Waals surface area contributed by atoms with E-state index in [0.29, 0.717) is 13.0 Å². The number of unbranched alkanes of at least 4 members (excludes halogenated alkanes) is 2. The molecule has 202 valence electrons. The molecule has 7 nitrogen and oxygen atoms in total. The van der Waals surface area contributed by atoms with Crippen molar-refractivity contribution in [3.8, 4) is 0 Å². The van der Waals surface area contributed by atoms with Crippen molar-refractivity contribution >= 4 is 17.9 Å². The molecule has 1 saturated carbocycles. The fraction of sp³-hybridized carbons (Fsp3) is 0.690. The van der Waals surface area contributed by atoms with Crippen molar-refractivity contribution in [2.24, 2.45) is 11.8 Å². The minimum atomic E-state index is -0.793. The second-order valence-electron chi connectivity index (χ2n) is 11.3. The summed E-state index contributed by atoms with van der Waals surface area (Å²) >= 11 is 0. The van der Waals surface area contributed by atoms with Gasteiger partial charge < -0.3 is 20.3 Å². The molecule has 36 heavy (non-hydrogen) atoms. The number of alkyl carbamates (subject to hydrolysis) is 1. The van der Waals surface area contributed by atoms with Crippen LogP contribution in [0.25, 0.3) is 0 Å². The maximum absolute atomic E-state index is 14.2. The van der Waals surface area contributed by atoms with E-state index in [1.807, 2.05) is 45.0 Å². The molecule has 0 spiro atoms. The highest BCUT2D eigenvalue weighted by Crippen LogP contribution is 2.41. The number of rotatable bonds is 12. The zero-order chi connectivity index (χ0) is 27.0. The van der Waals surface area contributed by atoms with Gasteiger partial charge in [-0.2, -0.15) is 0 Å². The highest BCUT2D eigenvalue weighted by atomic mass is 16.6. The molecule has 0 heterocycles. The van der Waals surface area contributed by atoms with Crippen LogP contribution in [-0.4, -0.2) is 47.0 Å². The van der Waals surface area contributed by atoms with Gasteiger partial charge in [0.15, 0.2) is 0 Å². The summed E-state index contributed by atoms with van der Waals surface area (Å²) in [6.45, 7) is 16.1. The number of hydrogen-bond donors (Lipinski definition) is 2. The summed E-state index contributed by atoms with van der Waals surface area (Å²) in [6.07, 6.45) is 3.89. The van der Waals surface area contributed by atoms with Gasteiger partial charge in [-0.15, -0.1) is 0 Å². The standard InChI is InChI=1S/C29H47N3O4/c1-9-11-12-17-30-26(33)25(22-15-13-19(3)14-16-22)32(23-18-21(23)5)27(34)24(20(4)10-2)31-28(35)36-29(6,7)8/h13-16,20-21,23-25H,9-12,17-18H2,1-8H3,(H,30,33)(H,31,35). The third-order valence-electron chi connectivity index (χ3n) is 6.83. The van der Waals surface area contributed by atoms with Gasteiger partial charge in [-0.05, 0) is 57.9 Å². The van der Waals surface area contributed by atoms with E-state index in [0.717, 1.165) is 36.8 Å². The number of carbonyl (C=O) groups excluding carboxylic acids is 3. The topological polar surface area (TPSA) is 87.7 Å². The monoisotopic (exact) mass is 501 g/mol. The van der Waals surface area contributed by atoms with Crippen molar-refractivity contribution < 1.29 is 19.1 Å². The average Bonchev–Trinajstić information content (AvgIpc) is 3.52. The summed E-state index contributed by atoms with van der Waals surface area (Å²) in [5.74, 6) is -0.261. The Balaban J connectivity index is 2.43. The molecule has 0 aromatic heterocycles.